The van der Waals surface area contributed by atoms with Crippen molar-refractivity contribution in [3.63, 3.8) is 0 Å². The number of amides is 1. The van der Waals surface area contributed by atoms with Crippen molar-refractivity contribution >= 4 is 27.5 Å². The summed E-state index contributed by atoms with van der Waals surface area (Å²) in [5.41, 5.74) is 2.08. The van der Waals surface area contributed by atoms with E-state index in [9.17, 15) is 4.79 Å². The molecule has 2 N–H and O–H groups in total. The summed E-state index contributed by atoms with van der Waals surface area (Å²) in [4.78, 5) is 11.6. The first-order chi connectivity index (χ1) is 7.66. The summed E-state index contributed by atoms with van der Waals surface area (Å²) in [6.45, 7) is 1.98. The van der Waals surface area contributed by atoms with Gasteiger partial charge in [0.05, 0.1) is 6.20 Å². The Balaban J connectivity index is 2.15. The van der Waals surface area contributed by atoms with E-state index in [1.54, 1.807) is 0 Å². The fourth-order valence-electron chi connectivity index (χ4n) is 1.18. The second-order valence-corrected chi connectivity index (χ2v) is 4.13. The Labute approximate surface area is 100 Å². The first-order valence-electron chi connectivity index (χ1n) is 4.60. The van der Waals surface area contributed by atoms with E-state index >= 15 is 0 Å². The van der Waals surface area contributed by atoms with E-state index < -0.39 is 0 Å². The Morgan fingerprint density at radius 3 is 2.94 bits per heavy atom. The van der Waals surface area contributed by atoms with E-state index in [0.717, 1.165) is 10.0 Å². The van der Waals surface area contributed by atoms with Crippen molar-refractivity contribution in [2.24, 2.45) is 0 Å². The second-order valence-electron chi connectivity index (χ2n) is 3.27. The summed E-state index contributed by atoms with van der Waals surface area (Å²) in [5, 5.41) is 12.4. The molecule has 0 aliphatic heterocycles. The molecule has 0 spiro atoms. The summed E-state index contributed by atoms with van der Waals surface area (Å²) in [6, 6.07) is 5.59. The third-order valence-corrected chi connectivity index (χ3v) is 2.93. The second kappa shape index (κ2) is 4.44. The molecule has 0 saturated heterocycles. The fourth-order valence-corrected chi connectivity index (χ4v) is 1.56. The van der Waals surface area contributed by atoms with Gasteiger partial charge in [0, 0.05) is 10.2 Å². The first kappa shape index (κ1) is 10.8. The first-order valence-corrected chi connectivity index (χ1v) is 5.39. The lowest BCUT2D eigenvalue weighted by atomic mass is 10.2. The van der Waals surface area contributed by atoms with Gasteiger partial charge in [0.2, 0.25) is 0 Å². The molecule has 0 bridgehead atoms. The smallest absolute Gasteiger partial charge is 0.277 e. The number of rotatable bonds is 2. The van der Waals surface area contributed by atoms with Crippen LogP contribution in [0, 0.1) is 6.92 Å². The van der Waals surface area contributed by atoms with Gasteiger partial charge in [-0.25, -0.2) is 0 Å². The number of halogens is 1. The van der Waals surface area contributed by atoms with Crippen LogP contribution in [-0.2, 0) is 0 Å². The van der Waals surface area contributed by atoms with Crippen LogP contribution in [0.5, 0.6) is 0 Å². The number of carbonyl (C=O) groups excluding carboxylic acids is 1. The number of nitrogens with one attached hydrogen (secondary N) is 2. The van der Waals surface area contributed by atoms with Gasteiger partial charge < -0.3 is 5.32 Å². The lowest BCUT2D eigenvalue weighted by Crippen LogP contribution is -2.12. The van der Waals surface area contributed by atoms with Crippen LogP contribution in [0.2, 0.25) is 0 Å². The lowest BCUT2D eigenvalue weighted by molar-refractivity contribution is 0.102. The maximum absolute atomic E-state index is 11.6. The van der Waals surface area contributed by atoms with Gasteiger partial charge in [-0.05, 0) is 24.6 Å². The Hall–Kier alpha value is -1.69. The fraction of sp³-hybridized carbons (Fsp3) is 0.100. The Kier molecular flexibility index (Phi) is 3.00. The third-order valence-electron chi connectivity index (χ3n) is 2.08. The van der Waals surface area contributed by atoms with Crippen LogP contribution < -0.4 is 5.32 Å². The Morgan fingerprint density at radius 1 is 1.50 bits per heavy atom. The van der Waals surface area contributed by atoms with E-state index in [0.29, 0.717) is 5.69 Å². The zero-order chi connectivity index (χ0) is 11.5. The van der Waals surface area contributed by atoms with E-state index in [1.165, 1.54) is 6.20 Å². The Bertz CT molecular complexity index is 510. The van der Waals surface area contributed by atoms with Gasteiger partial charge >= 0.3 is 0 Å². The predicted molar refractivity (Wildman–Crippen MR) is 63.2 cm³/mol. The summed E-state index contributed by atoms with van der Waals surface area (Å²) in [6.07, 6.45) is 1.37. The molecule has 2 rings (SSSR count). The quantitative estimate of drug-likeness (QED) is 0.885. The summed E-state index contributed by atoms with van der Waals surface area (Å²) in [5.74, 6) is -0.287. The molecule has 1 aromatic carbocycles. The van der Waals surface area contributed by atoms with Crippen molar-refractivity contribution in [2.75, 3.05) is 5.32 Å². The minimum Gasteiger partial charge on any atom is -0.321 e. The van der Waals surface area contributed by atoms with Crippen molar-refractivity contribution in [1.29, 1.82) is 0 Å². The molecule has 0 aliphatic rings. The third kappa shape index (κ3) is 2.27. The molecule has 82 valence electrons. The van der Waals surface area contributed by atoms with Crippen molar-refractivity contribution in [3.05, 3.63) is 40.1 Å². The van der Waals surface area contributed by atoms with E-state index in [-0.39, 0.29) is 11.6 Å². The molecule has 2 aromatic rings. The molecule has 1 heterocycles. The van der Waals surface area contributed by atoms with Crippen LogP contribution in [0.25, 0.3) is 0 Å². The van der Waals surface area contributed by atoms with Gasteiger partial charge in [-0.1, -0.05) is 22.0 Å². The normalized spacial score (nSPS) is 10.1. The highest BCUT2D eigenvalue weighted by Crippen LogP contribution is 2.20. The molecule has 0 saturated carbocycles. The number of aromatic nitrogens is 3. The molecule has 0 unspecified atom stereocenters. The molecule has 16 heavy (non-hydrogen) atoms. The average molecular weight is 281 g/mol. The van der Waals surface area contributed by atoms with Crippen molar-refractivity contribution in [3.8, 4) is 0 Å². The van der Waals surface area contributed by atoms with Crippen LogP contribution in [0.15, 0.2) is 28.9 Å². The minimum atomic E-state index is -0.287. The number of hydrogen-bond donors (Lipinski definition) is 2. The highest BCUT2D eigenvalue weighted by Gasteiger charge is 2.08. The average Bonchev–Trinajstić information content (AvgIpc) is 2.77. The topological polar surface area (TPSA) is 70.7 Å². The number of anilines is 1. The lowest BCUT2D eigenvalue weighted by Gasteiger charge is -2.04. The molecule has 0 radical (unpaired) electrons. The predicted octanol–water partition coefficient (Wildman–Crippen LogP) is 2.13. The number of benzene rings is 1. The Morgan fingerprint density at radius 2 is 2.31 bits per heavy atom. The van der Waals surface area contributed by atoms with Crippen LogP contribution in [0.1, 0.15) is 16.1 Å². The van der Waals surface area contributed by atoms with Crippen molar-refractivity contribution in [1.82, 2.24) is 15.4 Å². The standard InChI is InChI=1S/C10H9BrN4O/c1-6-2-3-7(4-8(6)11)13-10(16)9-5-12-15-14-9/h2-5H,1H3,(H,13,16)(H,12,14,15). The molecule has 1 amide bonds. The maximum Gasteiger partial charge on any atom is 0.277 e. The van der Waals surface area contributed by atoms with Crippen LogP contribution in [0.4, 0.5) is 5.69 Å². The number of aromatic amines is 1. The number of carbonyl (C=O) groups is 1. The number of H-pyrrole nitrogens is 1. The summed E-state index contributed by atoms with van der Waals surface area (Å²) in [7, 11) is 0. The molecular weight excluding hydrogens is 272 g/mol. The highest BCUT2D eigenvalue weighted by molar-refractivity contribution is 9.10. The van der Waals surface area contributed by atoms with Crippen LogP contribution in [-0.4, -0.2) is 21.3 Å². The largest absolute Gasteiger partial charge is 0.321 e. The molecule has 0 aliphatic carbocycles. The maximum atomic E-state index is 11.6. The van der Waals surface area contributed by atoms with E-state index in [1.807, 2.05) is 25.1 Å². The SMILES string of the molecule is Cc1ccc(NC(=O)c2cn[nH]n2)cc1Br. The van der Waals surface area contributed by atoms with Gasteiger partial charge in [-0.15, -0.1) is 0 Å². The van der Waals surface area contributed by atoms with Crippen molar-refractivity contribution < 1.29 is 4.79 Å². The molecule has 0 fully saturated rings. The zero-order valence-corrected chi connectivity index (χ0v) is 10.1. The number of nitrogens with zero attached hydrogens (tertiary/aromatic N) is 2. The molecule has 5 nitrogen and oxygen atoms in total. The summed E-state index contributed by atoms with van der Waals surface area (Å²) < 4.78 is 0.949. The van der Waals surface area contributed by atoms with Gasteiger partial charge in [0.25, 0.3) is 5.91 Å². The van der Waals surface area contributed by atoms with Gasteiger partial charge in [0.15, 0.2) is 5.69 Å². The molecule has 6 heteroatoms. The number of hydrogen-bond acceptors (Lipinski definition) is 3. The van der Waals surface area contributed by atoms with Crippen LogP contribution in [0.3, 0.4) is 0 Å². The molecular formula is C10H9BrN4O. The van der Waals surface area contributed by atoms with Gasteiger partial charge in [-0.3, -0.25) is 4.79 Å². The highest BCUT2D eigenvalue weighted by atomic mass is 79.9. The zero-order valence-electron chi connectivity index (χ0n) is 8.49. The van der Waals surface area contributed by atoms with E-state index in [4.69, 9.17) is 0 Å². The van der Waals surface area contributed by atoms with Gasteiger partial charge in [-0.2, -0.15) is 15.4 Å². The minimum absolute atomic E-state index is 0.261. The molecule has 0 atom stereocenters. The van der Waals surface area contributed by atoms with Crippen molar-refractivity contribution in [2.45, 2.75) is 6.92 Å². The molecule has 1 aromatic heterocycles. The van der Waals surface area contributed by atoms with E-state index in [2.05, 4.69) is 36.7 Å². The monoisotopic (exact) mass is 280 g/mol. The van der Waals surface area contributed by atoms with Crippen LogP contribution >= 0.6 is 15.9 Å². The van der Waals surface area contributed by atoms with Gasteiger partial charge in [0.1, 0.15) is 0 Å². The summed E-state index contributed by atoms with van der Waals surface area (Å²) >= 11 is 3.40. The number of aryl methyl sites for hydroxylation is 1.